The molecule has 6 nitrogen and oxygen atoms in total. The Morgan fingerprint density at radius 2 is 1.94 bits per heavy atom. The lowest BCUT2D eigenvalue weighted by molar-refractivity contribution is -0.124. The first-order chi connectivity index (χ1) is 15.3. The van der Waals surface area contributed by atoms with Crippen LogP contribution in [0.4, 0.5) is 0 Å². The molecule has 3 aromatic rings. The molecule has 0 unspecified atom stereocenters. The van der Waals surface area contributed by atoms with Gasteiger partial charge in [-0.1, -0.05) is 45.9 Å². The molecule has 1 aromatic carbocycles. The summed E-state index contributed by atoms with van der Waals surface area (Å²) in [5, 5.41) is 3.15. The number of ether oxygens (including phenoxy) is 1. The van der Waals surface area contributed by atoms with Gasteiger partial charge in [0.2, 0.25) is 0 Å². The molecule has 6 heteroatoms. The summed E-state index contributed by atoms with van der Waals surface area (Å²) >= 11 is 0. The van der Waals surface area contributed by atoms with Crippen molar-refractivity contribution in [1.29, 1.82) is 0 Å². The minimum atomic E-state index is -0.143. The second-order valence-electron chi connectivity index (χ2n) is 9.48. The summed E-state index contributed by atoms with van der Waals surface area (Å²) in [6.45, 7) is 8.62. The smallest absolute Gasteiger partial charge is 0.258 e. The molecule has 0 radical (unpaired) electrons. The second kappa shape index (κ2) is 9.07. The van der Waals surface area contributed by atoms with Crippen LogP contribution in [0.15, 0.2) is 55.0 Å². The summed E-state index contributed by atoms with van der Waals surface area (Å²) in [5.41, 5.74) is 4.02. The summed E-state index contributed by atoms with van der Waals surface area (Å²) in [7, 11) is 0. The van der Waals surface area contributed by atoms with Crippen LogP contribution in [0.3, 0.4) is 0 Å². The Bertz CT molecular complexity index is 1100. The lowest BCUT2D eigenvalue weighted by Crippen LogP contribution is -2.39. The van der Waals surface area contributed by atoms with Crippen molar-refractivity contribution in [3.8, 4) is 17.1 Å². The van der Waals surface area contributed by atoms with Crippen LogP contribution in [0.25, 0.3) is 11.4 Å². The van der Waals surface area contributed by atoms with Gasteiger partial charge in [0.25, 0.3) is 5.91 Å². The predicted octanol–water partition coefficient (Wildman–Crippen LogP) is 4.87. The Kier molecular flexibility index (Phi) is 6.21. The number of pyridine rings is 1. The molecular weight excluding hydrogens is 400 g/mol. The lowest BCUT2D eigenvalue weighted by Gasteiger charge is -2.36. The number of nitrogens with one attached hydrogen (secondary N) is 1. The molecule has 2 aromatic heterocycles. The molecule has 166 valence electrons. The predicted molar refractivity (Wildman–Crippen MR) is 124 cm³/mol. The number of carbonyl (C=O) groups excluding carboxylic acids is 1. The number of fused-ring (bicyclic) bond motifs is 1. The first kappa shape index (κ1) is 21.9. The molecule has 2 heterocycles. The highest BCUT2D eigenvalue weighted by molar-refractivity contribution is 5.78. The highest BCUT2D eigenvalue weighted by Gasteiger charge is 2.34. The first-order valence-electron chi connectivity index (χ1n) is 11.1. The zero-order valence-corrected chi connectivity index (χ0v) is 19.1. The van der Waals surface area contributed by atoms with Crippen molar-refractivity contribution in [2.24, 2.45) is 5.41 Å². The molecule has 1 amide bonds. The number of rotatable bonds is 6. The fourth-order valence-electron chi connectivity index (χ4n) is 4.28. The van der Waals surface area contributed by atoms with Crippen LogP contribution in [0.2, 0.25) is 0 Å². The molecule has 4 rings (SSSR count). The van der Waals surface area contributed by atoms with E-state index in [1.165, 1.54) is 0 Å². The van der Waals surface area contributed by atoms with Crippen LogP contribution in [0.5, 0.6) is 5.75 Å². The van der Waals surface area contributed by atoms with Gasteiger partial charge in [0.15, 0.2) is 12.4 Å². The van der Waals surface area contributed by atoms with E-state index < -0.39 is 0 Å². The molecule has 1 atom stereocenters. The van der Waals surface area contributed by atoms with Crippen LogP contribution in [-0.2, 0) is 11.2 Å². The fourth-order valence-corrected chi connectivity index (χ4v) is 4.28. The van der Waals surface area contributed by atoms with Crippen molar-refractivity contribution < 1.29 is 9.53 Å². The van der Waals surface area contributed by atoms with E-state index in [9.17, 15) is 4.79 Å². The van der Waals surface area contributed by atoms with E-state index in [0.29, 0.717) is 11.7 Å². The van der Waals surface area contributed by atoms with Crippen LogP contribution in [0.1, 0.15) is 62.9 Å². The molecule has 0 fully saturated rings. The number of benzene rings is 1. The van der Waals surface area contributed by atoms with Gasteiger partial charge < -0.3 is 10.1 Å². The quantitative estimate of drug-likeness (QED) is 0.604. The molecular formula is C26H30N4O2. The van der Waals surface area contributed by atoms with Crippen LogP contribution < -0.4 is 10.1 Å². The van der Waals surface area contributed by atoms with Gasteiger partial charge in [0.05, 0.1) is 11.7 Å². The SMILES string of the molecule is CC(C)c1ccccc1OCC(=O)N[C@H]1CC(C)(C)Cc2nc(-c3ccncc3)ncc21. The van der Waals surface area contributed by atoms with Crippen molar-refractivity contribution in [2.75, 3.05) is 6.61 Å². The van der Waals surface area contributed by atoms with Crippen molar-refractivity contribution in [3.05, 3.63) is 71.8 Å². The topological polar surface area (TPSA) is 77.0 Å². The van der Waals surface area contributed by atoms with Gasteiger partial charge in [-0.2, -0.15) is 0 Å². The Hall–Kier alpha value is -3.28. The van der Waals surface area contributed by atoms with Gasteiger partial charge in [0.1, 0.15) is 5.75 Å². The maximum Gasteiger partial charge on any atom is 0.258 e. The first-order valence-corrected chi connectivity index (χ1v) is 11.1. The van der Waals surface area contributed by atoms with Crippen molar-refractivity contribution in [2.45, 2.75) is 52.5 Å². The average molecular weight is 431 g/mol. The van der Waals surface area contributed by atoms with Gasteiger partial charge >= 0.3 is 0 Å². The van der Waals surface area contributed by atoms with Crippen LogP contribution >= 0.6 is 0 Å². The fraction of sp³-hybridized carbons (Fsp3) is 0.385. The Morgan fingerprint density at radius 3 is 2.69 bits per heavy atom. The van der Waals surface area contributed by atoms with Gasteiger partial charge in [-0.25, -0.2) is 9.97 Å². The van der Waals surface area contributed by atoms with E-state index in [0.717, 1.165) is 41.0 Å². The van der Waals surface area contributed by atoms with Crippen molar-refractivity contribution >= 4 is 5.91 Å². The summed E-state index contributed by atoms with van der Waals surface area (Å²) in [5.74, 6) is 1.62. The van der Waals surface area contributed by atoms with E-state index in [1.807, 2.05) is 42.6 Å². The lowest BCUT2D eigenvalue weighted by atomic mass is 9.74. The zero-order chi connectivity index (χ0) is 22.7. The van der Waals surface area contributed by atoms with Gasteiger partial charge in [-0.15, -0.1) is 0 Å². The second-order valence-corrected chi connectivity index (χ2v) is 9.48. The summed E-state index contributed by atoms with van der Waals surface area (Å²) in [6.07, 6.45) is 7.00. The number of amides is 1. The number of carbonyl (C=O) groups is 1. The standard InChI is InChI=1S/C26H30N4O2/c1-17(2)19-7-5-6-8-23(19)32-16-24(31)29-21-13-26(3,4)14-22-20(21)15-28-25(30-22)18-9-11-27-12-10-18/h5-12,15,17,21H,13-14,16H2,1-4H3,(H,29,31)/t21-/m0/s1. The van der Waals surface area contributed by atoms with Crippen LogP contribution in [0, 0.1) is 5.41 Å². The van der Waals surface area contributed by atoms with Crippen molar-refractivity contribution in [3.63, 3.8) is 0 Å². The largest absolute Gasteiger partial charge is 0.483 e. The van der Waals surface area contributed by atoms with Gasteiger partial charge in [0, 0.05) is 29.7 Å². The van der Waals surface area contributed by atoms with E-state index in [4.69, 9.17) is 9.72 Å². The number of para-hydroxylation sites is 1. The number of hydrogen-bond donors (Lipinski definition) is 1. The van der Waals surface area contributed by atoms with Crippen LogP contribution in [-0.4, -0.2) is 27.5 Å². The van der Waals surface area contributed by atoms with E-state index in [1.54, 1.807) is 12.4 Å². The monoisotopic (exact) mass is 430 g/mol. The number of hydrogen-bond acceptors (Lipinski definition) is 5. The minimum Gasteiger partial charge on any atom is -0.483 e. The van der Waals surface area contributed by atoms with Gasteiger partial charge in [-0.05, 0) is 47.9 Å². The zero-order valence-electron chi connectivity index (χ0n) is 19.1. The van der Waals surface area contributed by atoms with E-state index in [-0.39, 0.29) is 24.0 Å². The normalized spacial score (nSPS) is 17.0. The highest BCUT2D eigenvalue weighted by atomic mass is 16.5. The Labute approximate surface area is 189 Å². The minimum absolute atomic E-state index is 0.0138. The van der Waals surface area contributed by atoms with Gasteiger partial charge in [-0.3, -0.25) is 9.78 Å². The average Bonchev–Trinajstić information content (AvgIpc) is 2.77. The Morgan fingerprint density at radius 1 is 1.19 bits per heavy atom. The third-order valence-electron chi connectivity index (χ3n) is 5.85. The number of aromatic nitrogens is 3. The maximum absolute atomic E-state index is 12.8. The molecule has 32 heavy (non-hydrogen) atoms. The molecule has 1 aliphatic carbocycles. The molecule has 0 saturated heterocycles. The molecule has 0 aliphatic heterocycles. The number of nitrogens with zero attached hydrogens (tertiary/aromatic N) is 3. The Balaban J connectivity index is 1.50. The molecule has 0 bridgehead atoms. The van der Waals surface area contributed by atoms with E-state index >= 15 is 0 Å². The third-order valence-corrected chi connectivity index (χ3v) is 5.85. The molecule has 1 aliphatic rings. The molecule has 0 spiro atoms. The summed E-state index contributed by atoms with van der Waals surface area (Å²) in [6, 6.07) is 11.5. The molecule has 1 N–H and O–H groups in total. The summed E-state index contributed by atoms with van der Waals surface area (Å²) in [4.78, 5) is 26.3. The molecule has 0 saturated carbocycles. The summed E-state index contributed by atoms with van der Waals surface area (Å²) < 4.78 is 5.87. The maximum atomic E-state index is 12.8. The third kappa shape index (κ3) is 4.96. The van der Waals surface area contributed by atoms with E-state index in [2.05, 4.69) is 43.0 Å². The van der Waals surface area contributed by atoms with Crippen molar-refractivity contribution in [1.82, 2.24) is 20.3 Å². The highest BCUT2D eigenvalue weighted by Crippen LogP contribution is 2.40.